The highest BCUT2D eigenvalue weighted by molar-refractivity contribution is 5.94. The van der Waals surface area contributed by atoms with E-state index >= 15 is 0 Å². The van der Waals surface area contributed by atoms with Crippen molar-refractivity contribution in [2.24, 2.45) is 16.1 Å². The number of nitrogens with zero attached hydrogens (tertiary/aromatic N) is 3. The summed E-state index contributed by atoms with van der Waals surface area (Å²) in [6.45, 7) is 4.22. The van der Waals surface area contributed by atoms with Gasteiger partial charge in [-0.2, -0.15) is 0 Å². The predicted octanol–water partition coefficient (Wildman–Crippen LogP) is 3.72. The summed E-state index contributed by atoms with van der Waals surface area (Å²) in [5, 5.41) is 19.9. The molecule has 1 fully saturated rings. The Labute approximate surface area is 179 Å². The highest BCUT2D eigenvalue weighted by atomic mass is 19.1. The molecule has 1 aliphatic heterocycles. The first kappa shape index (κ1) is 21.0. The maximum Gasteiger partial charge on any atom is 0.314 e. The lowest BCUT2D eigenvalue weighted by Gasteiger charge is -2.29. The van der Waals surface area contributed by atoms with Crippen molar-refractivity contribution in [3.05, 3.63) is 54.3 Å². The maximum atomic E-state index is 13.9. The molecule has 2 N–H and O–H groups in total. The van der Waals surface area contributed by atoms with Crippen LogP contribution in [0.3, 0.4) is 0 Å². The number of benzene rings is 2. The molecule has 0 radical (unpaired) electrons. The van der Waals surface area contributed by atoms with Gasteiger partial charge in [0.25, 0.3) is 0 Å². The third-order valence-corrected chi connectivity index (χ3v) is 5.65. The second-order valence-electron chi connectivity index (χ2n) is 7.72. The van der Waals surface area contributed by atoms with Crippen LogP contribution in [0.2, 0.25) is 0 Å². The van der Waals surface area contributed by atoms with Crippen LogP contribution in [0.15, 0.2) is 58.8 Å². The molecular weight excluding hydrogens is 399 g/mol. The number of ether oxygens (including phenoxy) is 1. The summed E-state index contributed by atoms with van der Waals surface area (Å²) >= 11 is 0. The zero-order valence-electron chi connectivity index (χ0n) is 17.4. The van der Waals surface area contributed by atoms with Crippen LogP contribution < -0.4 is 4.90 Å². The minimum Gasteiger partial charge on any atom is -0.493 e. The average molecular weight is 425 g/mol. The second-order valence-corrected chi connectivity index (χ2v) is 7.72. The Morgan fingerprint density at radius 1 is 1.23 bits per heavy atom. The number of carbonyl (C=O) groups is 1. The van der Waals surface area contributed by atoms with Gasteiger partial charge in [-0.25, -0.2) is 4.39 Å². The number of para-hydroxylation sites is 1. The fourth-order valence-corrected chi connectivity index (χ4v) is 4.15. The summed E-state index contributed by atoms with van der Waals surface area (Å²) in [6.07, 6.45) is 1.74. The molecule has 1 saturated heterocycles. The number of likely N-dealkylation sites (tertiary alicyclic amines) is 1. The van der Waals surface area contributed by atoms with Crippen molar-refractivity contribution in [1.82, 2.24) is 4.57 Å². The van der Waals surface area contributed by atoms with Gasteiger partial charge in [0.1, 0.15) is 11.6 Å². The van der Waals surface area contributed by atoms with Gasteiger partial charge < -0.3 is 14.7 Å². The molecule has 31 heavy (non-hydrogen) atoms. The van der Waals surface area contributed by atoms with Crippen molar-refractivity contribution >= 4 is 28.2 Å². The van der Waals surface area contributed by atoms with Crippen LogP contribution in [0.25, 0.3) is 10.9 Å². The van der Waals surface area contributed by atoms with Gasteiger partial charge in [0.2, 0.25) is 5.88 Å². The van der Waals surface area contributed by atoms with E-state index in [1.807, 2.05) is 31.2 Å². The molecule has 0 saturated carbocycles. The Morgan fingerprint density at radius 3 is 2.81 bits per heavy atom. The molecule has 0 spiro atoms. The van der Waals surface area contributed by atoms with Gasteiger partial charge in [-0.3, -0.25) is 9.36 Å². The molecule has 0 amide bonds. The zero-order valence-corrected chi connectivity index (χ0v) is 17.4. The molecular formula is C23H26FN4O3+. The Kier molecular flexibility index (Phi) is 6.27. The third kappa shape index (κ3) is 4.44. The zero-order chi connectivity index (χ0) is 21.8. The van der Waals surface area contributed by atoms with Crippen molar-refractivity contribution in [3.63, 3.8) is 0 Å². The molecule has 1 aliphatic rings. The summed E-state index contributed by atoms with van der Waals surface area (Å²) in [7, 11) is 0. The van der Waals surface area contributed by atoms with E-state index in [0.29, 0.717) is 25.5 Å². The smallest absolute Gasteiger partial charge is 0.314 e. The highest BCUT2D eigenvalue weighted by Crippen LogP contribution is 2.39. The molecule has 1 aromatic heterocycles. The fraction of sp³-hybridized carbons (Fsp3) is 0.348. The van der Waals surface area contributed by atoms with Crippen molar-refractivity contribution in [2.45, 2.75) is 26.4 Å². The number of aromatic hydroxyl groups is 1. The molecule has 1 unspecified atom stereocenters. The van der Waals surface area contributed by atoms with Crippen LogP contribution in [-0.4, -0.2) is 35.3 Å². The quantitative estimate of drug-likeness (QED) is 0.467. The summed E-state index contributed by atoms with van der Waals surface area (Å²) in [5.74, 6) is -0.780. The number of hydrogen-bond donors (Lipinski definition) is 2. The lowest BCUT2D eigenvalue weighted by molar-refractivity contribution is -0.929. The Hall–Kier alpha value is -3.26. The number of aromatic nitrogens is 1. The highest BCUT2D eigenvalue weighted by Gasteiger charge is 2.31. The molecule has 2 aromatic carbocycles. The predicted molar refractivity (Wildman–Crippen MR) is 114 cm³/mol. The molecule has 2 heterocycles. The molecule has 4 rings (SSSR count). The lowest BCUT2D eigenvalue weighted by atomic mass is 9.98. The Morgan fingerprint density at radius 2 is 2.00 bits per heavy atom. The van der Waals surface area contributed by atoms with Gasteiger partial charge in [0.05, 0.1) is 25.2 Å². The normalized spacial score (nSPS) is 19.2. The van der Waals surface area contributed by atoms with E-state index in [1.165, 1.54) is 17.0 Å². The molecule has 7 nitrogen and oxygen atoms in total. The number of carbonyl (C=O) groups excluding carboxylic acids is 1. The first-order valence-corrected chi connectivity index (χ1v) is 10.5. The van der Waals surface area contributed by atoms with E-state index < -0.39 is 5.82 Å². The molecule has 0 bridgehead atoms. The molecule has 162 valence electrons. The van der Waals surface area contributed by atoms with Gasteiger partial charge in [-0.05, 0) is 38.0 Å². The Balaban J connectivity index is 1.62. The number of nitrogens with one attached hydrogen (secondary N) is 1. The second kappa shape index (κ2) is 9.26. The standard InChI is InChI=1S/C23H25FN4O3/c1-2-31-23(30)16-8-7-13-27(14-16)15-28-20-12-6-3-9-17(20)21(22(28)29)26-25-19-11-5-4-10-18(19)24/h3-6,9-12,16,29H,2,7-8,13-15H2,1H3/p+1/t16-/m1/s1. The average Bonchev–Trinajstić information content (AvgIpc) is 3.05. The summed E-state index contributed by atoms with van der Waals surface area (Å²) < 4.78 is 20.9. The van der Waals surface area contributed by atoms with Crippen molar-refractivity contribution in [3.8, 4) is 5.88 Å². The summed E-state index contributed by atoms with van der Waals surface area (Å²) in [4.78, 5) is 13.4. The number of quaternary nitrogens is 1. The van der Waals surface area contributed by atoms with E-state index in [2.05, 4.69) is 10.2 Å². The number of esters is 1. The minimum absolute atomic E-state index is 0.0213. The van der Waals surface area contributed by atoms with Gasteiger partial charge in [0.15, 0.2) is 18.2 Å². The maximum absolute atomic E-state index is 13.9. The molecule has 2 atom stereocenters. The molecule has 0 aliphatic carbocycles. The summed E-state index contributed by atoms with van der Waals surface area (Å²) in [5.41, 5.74) is 1.23. The van der Waals surface area contributed by atoms with E-state index in [0.717, 1.165) is 30.3 Å². The third-order valence-electron chi connectivity index (χ3n) is 5.65. The molecule has 8 heteroatoms. The largest absolute Gasteiger partial charge is 0.493 e. The van der Waals surface area contributed by atoms with Crippen LogP contribution in [0.1, 0.15) is 19.8 Å². The van der Waals surface area contributed by atoms with Gasteiger partial charge in [-0.15, -0.1) is 10.2 Å². The lowest BCUT2D eigenvalue weighted by Crippen LogP contribution is -3.13. The number of halogens is 1. The topological polar surface area (TPSA) is 80.6 Å². The van der Waals surface area contributed by atoms with Crippen LogP contribution >= 0.6 is 0 Å². The molecule has 3 aromatic rings. The van der Waals surface area contributed by atoms with Crippen LogP contribution in [-0.2, 0) is 16.2 Å². The fourth-order valence-electron chi connectivity index (χ4n) is 4.15. The van der Waals surface area contributed by atoms with Gasteiger partial charge >= 0.3 is 5.97 Å². The summed E-state index contributed by atoms with van der Waals surface area (Å²) in [6, 6.07) is 13.6. The van der Waals surface area contributed by atoms with Crippen LogP contribution in [0, 0.1) is 11.7 Å². The Bertz CT molecular complexity index is 1110. The number of fused-ring (bicyclic) bond motifs is 1. The van der Waals surface area contributed by atoms with Crippen molar-refractivity contribution in [1.29, 1.82) is 0 Å². The number of piperidine rings is 1. The van der Waals surface area contributed by atoms with E-state index in [1.54, 1.807) is 16.7 Å². The number of hydrogen-bond acceptors (Lipinski definition) is 5. The van der Waals surface area contributed by atoms with E-state index in [4.69, 9.17) is 4.74 Å². The SMILES string of the molecule is CCOC(=O)[C@@H]1CCC[NH+](Cn2c(O)c(N=Nc3ccccc3F)c3ccccc32)C1. The first-order chi connectivity index (χ1) is 15.1. The van der Waals surface area contributed by atoms with Gasteiger partial charge in [-0.1, -0.05) is 30.3 Å². The van der Waals surface area contributed by atoms with Crippen LogP contribution in [0.5, 0.6) is 5.88 Å². The monoisotopic (exact) mass is 425 g/mol. The first-order valence-electron chi connectivity index (χ1n) is 10.5. The minimum atomic E-state index is -0.475. The van der Waals surface area contributed by atoms with Crippen molar-refractivity contribution < 1.29 is 23.9 Å². The van der Waals surface area contributed by atoms with Crippen molar-refractivity contribution in [2.75, 3.05) is 19.7 Å². The number of rotatable bonds is 6. The van der Waals surface area contributed by atoms with E-state index in [-0.39, 0.29) is 23.5 Å². The number of azo groups is 1. The van der Waals surface area contributed by atoms with Gasteiger partial charge in [0, 0.05) is 5.39 Å². The van der Waals surface area contributed by atoms with Crippen LogP contribution in [0.4, 0.5) is 15.8 Å². The van der Waals surface area contributed by atoms with E-state index in [9.17, 15) is 14.3 Å².